The second kappa shape index (κ2) is 5.98. The number of hydrogen-bond acceptors (Lipinski definition) is 3. The second-order valence-corrected chi connectivity index (χ2v) is 7.68. The lowest BCUT2D eigenvalue weighted by Crippen LogP contribution is -2.12. The van der Waals surface area contributed by atoms with Gasteiger partial charge < -0.3 is 4.43 Å². The lowest BCUT2D eigenvalue weighted by Gasteiger charge is -2.14. The number of rotatable bonds is 4. The van der Waals surface area contributed by atoms with Crippen LogP contribution in [0.5, 0.6) is 5.75 Å². The Morgan fingerprint density at radius 3 is 2.78 bits per heavy atom. The highest BCUT2D eigenvalue weighted by Gasteiger charge is 2.07. The summed E-state index contributed by atoms with van der Waals surface area (Å²) in [4.78, 5) is 5.70. The van der Waals surface area contributed by atoms with Crippen LogP contribution >= 0.6 is 11.3 Å². The van der Waals surface area contributed by atoms with Crippen LogP contribution in [-0.2, 0) is 0 Å². The van der Waals surface area contributed by atoms with Crippen LogP contribution in [0.3, 0.4) is 0 Å². The van der Waals surface area contributed by atoms with Crippen molar-refractivity contribution in [2.24, 2.45) is 4.99 Å². The minimum absolute atomic E-state index is 0. The Hall–Kier alpha value is -1.39. The van der Waals surface area contributed by atoms with Crippen molar-refractivity contribution in [3.05, 3.63) is 46.2 Å². The number of aliphatic imine (C=N–C) groups is 1. The van der Waals surface area contributed by atoms with E-state index in [1.807, 2.05) is 24.4 Å². The highest BCUT2D eigenvalue weighted by molar-refractivity contribution is 7.11. The zero-order valence-corrected chi connectivity index (χ0v) is 12.9. The van der Waals surface area contributed by atoms with E-state index in [-0.39, 0.29) is 1.43 Å². The van der Waals surface area contributed by atoms with E-state index in [2.05, 4.69) is 42.5 Å². The van der Waals surface area contributed by atoms with E-state index >= 15 is 0 Å². The molecule has 18 heavy (non-hydrogen) atoms. The number of nitrogens with zero attached hydrogens (tertiary/aromatic N) is 1. The van der Waals surface area contributed by atoms with Crippen LogP contribution in [0, 0.1) is 6.92 Å². The third kappa shape index (κ3) is 3.30. The molecule has 1 heterocycles. The zero-order chi connectivity index (χ0) is 13.0. The lowest BCUT2D eigenvalue weighted by atomic mass is 10.2. The number of thiophene rings is 1. The summed E-state index contributed by atoms with van der Waals surface area (Å²) in [6.07, 6.45) is 1.90. The lowest BCUT2D eigenvalue weighted by molar-refractivity contribution is 0.577. The summed E-state index contributed by atoms with van der Waals surface area (Å²) >= 11 is 1.68. The van der Waals surface area contributed by atoms with Gasteiger partial charge in [-0.05, 0) is 43.1 Å². The van der Waals surface area contributed by atoms with Crippen LogP contribution in [0.1, 0.15) is 11.9 Å². The second-order valence-electron chi connectivity index (χ2n) is 4.36. The molecule has 0 aliphatic carbocycles. The fraction of sp³-hybridized carbons (Fsp3) is 0.214. The summed E-state index contributed by atoms with van der Waals surface area (Å²) in [7, 11) is -1.11. The molecule has 4 heteroatoms. The van der Waals surface area contributed by atoms with E-state index in [1.165, 1.54) is 0 Å². The highest BCUT2D eigenvalue weighted by atomic mass is 32.1. The predicted octanol–water partition coefficient (Wildman–Crippen LogP) is 4.28. The van der Waals surface area contributed by atoms with Gasteiger partial charge in [0.2, 0.25) is 9.04 Å². The van der Waals surface area contributed by atoms with Crippen LogP contribution in [0.2, 0.25) is 13.1 Å². The van der Waals surface area contributed by atoms with Crippen molar-refractivity contribution >= 4 is 32.3 Å². The molecule has 0 aliphatic rings. The molecule has 0 radical (unpaired) electrons. The van der Waals surface area contributed by atoms with Crippen molar-refractivity contribution in [1.82, 2.24) is 0 Å². The molecule has 1 aromatic carbocycles. The average Bonchev–Trinajstić information content (AvgIpc) is 2.82. The van der Waals surface area contributed by atoms with E-state index in [0.717, 1.165) is 21.9 Å². The molecule has 1 aromatic heterocycles. The molecule has 2 aromatic rings. The first kappa shape index (κ1) is 13.0. The molecule has 2 rings (SSSR count). The molecule has 2 nitrogen and oxygen atoms in total. The van der Waals surface area contributed by atoms with E-state index in [4.69, 9.17) is 4.43 Å². The molecular weight excluding hydrogens is 258 g/mol. The van der Waals surface area contributed by atoms with Crippen LogP contribution < -0.4 is 4.43 Å². The maximum Gasteiger partial charge on any atom is 1.00 e. The van der Waals surface area contributed by atoms with Crippen molar-refractivity contribution < 1.29 is 5.85 Å². The number of hydrogen-bond donors (Lipinski definition) is 0. The van der Waals surface area contributed by atoms with Crippen molar-refractivity contribution in [2.45, 2.75) is 20.0 Å². The Balaban J connectivity index is 0.00000180. The maximum atomic E-state index is 5.97. The van der Waals surface area contributed by atoms with Gasteiger partial charge in [-0.25, -0.2) is 0 Å². The van der Waals surface area contributed by atoms with Crippen LogP contribution in [-0.4, -0.2) is 15.3 Å². The summed E-state index contributed by atoms with van der Waals surface area (Å²) in [6, 6.07) is 10.2. The van der Waals surface area contributed by atoms with Gasteiger partial charge in [0.1, 0.15) is 11.4 Å². The standard InChI is InChI=1S/C14H17NOSSi/c1-11-6-4-8-13(14(11)16-18(2)3)15-10-12-7-5-9-17-12/h4-10,18H,1-3H3/p+1. The first-order chi connectivity index (χ1) is 8.66. The average molecular weight is 276 g/mol. The van der Waals surface area contributed by atoms with E-state index in [0.29, 0.717) is 0 Å². The Morgan fingerprint density at radius 2 is 2.11 bits per heavy atom. The van der Waals surface area contributed by atoms with Gasteiger partial charge in [-0.15, -0.1) is 11.3 Å². The van der Waals surface area contributed by atoms with Crippen molar-refractivity contribution in [3.63, 3.8) is 0 Å². The van der Waals surface area contributed by atoms with Crippen LogP contribution in [0.15, 0.2) is 40.7 Å². The summed E-state index contributed by atoms with van der Waals surface area (Å²) in [6.45, 7) is 6.40. The third-order valence-corrected chi connectivity index (χ3v) is 3.93. The molecule has 0 saturated carbocycles. The predicted molar refractivity (Wildman–Crippen MR) is 83.4 cm³/mol. The molecule has 0 fully saturated rings. The normalized spacial score (nSPS) is 11.3. The Morgan fingerprint density at radius 1 is 1.28 bits per heavy atom. The Labute approximate surface area is 115 Å². The summed E-state index contributed by atoms with van der Waals surface area (Å²) in [5, 5.41) is 2.05. The molecule has 0 unspecified atom stereocenters. The molecule has 0 N–H and O–H groups in total. The van der Waals surface area contributed by atoms with Gasteiger partial charge in [0.05, 0.1) is 0 Å². The molecule has 0 bridgehead atoms. The van der Waals surface area contributed by atoms with Crippen molar-refractivity contribution in [1.29, 1.82) is 0 Å². The minimum atomic E-state index is -1.11. The van der Waals surface area contributed by atoms with E-state index in [9.17, 15) is 0 Å². The van der Waals surface area contributed by atoms with Crippen molar-refractivity contribution in [2.75, 3.05) is 0 Å². The van der Waals surface area contributed by atoms with Gasteiger partial charge in [-0.1, -0.05) is 18.2 Å². The van der Waals surface area contributed by atoms with E-state index < -0.39 is 9.04 Å². The highest BCUT2D eigenvalue weighted by Crippen LogP contribution is 2.31. The van der Waals surface area contributed by atoms with Gasteiger partial charge in [-0.2, -0.15) is 0 Å². The Bertz CT molecular complexity index is 540. The van der Waals surface area contributed by atoms with E-state index in [1.54, 1.807) is 11.3 Å². The number of benzene rings is 1. The minimum Gasteiger partial charge on any atom is -0.545 e. The van der Waals surface area contributed by atoms with Crippen molar-refractivity contribution in [3.8, 4) is 5.75 Å². The van der Waals surface area contributed by atoms with Gasteiger partial charge in [0.25, 0.3) is 0 Å². The van der Waals surface area contributed by atoms with Crippen LogP contribution in [0.4, 0.5) is 5.69 Å². The maximum absolute atomic E-state index is 5.97. The summed E-state index contributed by atoms with van der Waals surface area (Å²) in [5.74, 6) is 0.937. The molecule has 0 aliphatic heterocycles. The molecular formula is C14H18NOSSi+. The first-order valence-corrected chi connectivity index (χ1v) is 9.66. The summed E-state index contributed by atoms with van der Waals surface area (Å²) < 4.78 is 5.97. The quantitative estimate of drug-likeness (QED) is 0.603. The van der Waals surface area contributed by atoms with Gasteiger partial charge in [-0.3, -0.25) is 4.99 Å². The largest absolute Gasteiger partial charge is 1.00 e. The van der Waals surface area contributed by atoms with Gasteiger partial charge in [0, 0.05) is 11.1 Å². The van der Waals surface area contributed by atoms with Crippen LogP contribution in [0.25, 0.3) is 0 Å². The Kier molecular flexibility index (Phi) is 4.33. The molecule has 0 amide bonds. The zero-order valence-electron chi connectivity index (χ0n) is 11.9. The smallest absolute Gasteiger partial charge is 0.545 e. The molecule has 0 atom stereocenters. The monoisotopic (exact) mass is 276 g/mol. The summed E-state index contributed by atoms with van der Waals surface area (Å²) in [5.41, 5.74) is 2.07. The molecule has 0 spiro atoms. The molecule has 0 saturated heterocycles. The SMILES string of the molecule is Cc1cccc(N=Cc2cccs2)c1O[SiH](C)C.[H+]. The van der Waals surface area contributed by atoms with Gasteiger partial charge in [0.15, 0.2) is 0 Å². The topological polar surface area (TPSA) is 21.6 Å². The number of aryl methyl sites for hydroxylation is 1. The molecule has 94 valence electrons. The fourth-order valence-electron chi connectivity index (χ4n) is 1.63. The van der Waals surface area contributed by atoms with Gasteiger partial charge >= 0.3 is 1.43 Å². The number of para-hydroxylation sites is 1. The fourth-order valence-corrected chi connectivity index (χ4v) is 2.99. The first-order valence-electron chi connectivity index (χ1n) is 6.00. The third-order valence-electron chi connectivity index (χ3n) is 2.42.